The van der Waals surface area contributed by atoms with E-state index in [1.807, 2.05) is 19.9 Å². The normalized spacial score (nSPS) is 18.8. The highest BCUT2D eigenvalue weighted by Gasteiger charge is 2.48. The average molecular weight is 390 g/mol. The van der Waals surface area contributed by atoms with Crippen LogP contribution in [0.4, 0.5) is 9.59 Å². The molecule has 0 radical (unpaired) electrons. The Labute approximate surface area is 163 Å². The van der Waals surface area contributed by atoms with Crippen LogP contribution in [0.3, 0.4) is 0 Å². The van der Waals surface area contributed by atoms with Crippen LogP contribution in [0.2, 0.25) is 0 Å². The summed E-state index contributed by atoms with van der Waals surface area (Å²) in [5, 5.41) is 7.28. The van der Waals surface area contributed by atoms with E-state index in [0.29, 0.717) is 12.3 Å². The van der Waals surface area contributed by atoms with Gasteiger partial charge in [0.2, 0.25) is 5.91 Å². The van der Waals surface area contributed by atoms with Gasteiger partial charge in [-0.05, 0) is 24.5 Å². The van der Waals surface area contributed by atoms with E-state index < -0.39 is 36.0 Å². The molecule has 0 bridgehead atoms. The lowest BCUT2D eigenvalue weighted by atomic mass is 9.92. The molecule has 1 aliphatic rings. The molecule has 1 fully saturated rings. The Bertz CT molecular complexity index is 779. The van der Waals surface area contributed by atoms with Crippen molar-refractivity contribution in [2.75, 3.05) is 20.2 Å². The molecule has 2 rings (SSSR count). The van der Waals surface area contributed by atoms with E-state index in [4.69, 9.17) is 4.74 Å². The van der Waals surface area contributed by atoms with Gasteiger partial charge >= 0.3 is 12.1 Å². The summed E-state index contributed by atoms with van der Waals surface area (Å²) in [6.07, 6.45) is 0.203. The van der Waals surface area contributed by atoms with Gasteiger partial charge in [0.05, 0.1) is 7.11 Å². The molecule has 3 N–H and O–H groups in total. The van der Waals surface area contributed by atoms with Gasteiger partial charge in [-0.3, -0.25) is 19.8 Å². The zero-order valence-corrected chi connectivity index (χ0v) is 16.5. The first-order valence-corrected chi connectivity index (χ1v) is 9.00. The van der Waals surface area contributed by atoms with E-state index in [1.165, 1.54) is 7.11 Å². The summed E-state index contributed by atoms with van der Waals surface area (Å²) in [5.41, 5.74) is -0.466. The standard InChI is InChI=1S/C19H26N4O5/c1-12(2)10-20-17(26)21-15(24)11-23-16(25)19(3,22-18(23)27)9-13-7-5-6-8-14(13)28-4/h5-8,12H,9-11H2,1-4H3,(H,22,27)(H2,20,21,24,26)/t19-/m1/s1. The van der Waals surface area contributed by atoms with Gasteiger partial charge in [-0.1, -0.05) is 32.0 Å². The molecule has 0 spiro atoms. The van der Waals surface area contributed by atoms with E-state index in [2.05, 4.69) is 16.0 Å². The van der Waals surface area contributed by atoms with Crippen molar-refractivity contribution in [3.63, 3.8) is 0 Å². The van der Waals surface area contributed by atoms with Crippen molar-refractivity contribution >= 4 is 23.9 Å². The van der Waals surface area contributed by atoms with Crippen LogP contribution < -0.4 is 20.7 Å². The third-order valence-corrected chi connectivity index (χ3v) is 4.31. The number of hydrogen-bond donors (Lipinski definition) is 3. The smallest absolute Gasteiger partial charge is 0.325 e. The molecule has 6 amide bonds. The third-order valence-electron chi connectivity index (χ3n) is 4.31. The molecule has 0 saturated carbocycles. The first kappa shape index (κ1) is 21.2. The van der Waals surface area contributed by atoms with E-state index in [1.54, 1.807) is 25.1 Å². The fourth-order valence-corrected chi connectivity index (χ4v) is 2.89. The second-order valence-corrected chi connectivity index (χ2v) is 7.29. The summed E-state index contributed by atoms with van der Waals surface area (Å²) < 4.78 is 5.29. The van der Waals surface area contributed by atoms with Gasteiger partial charge in [0, 0.05) is 13.0 Å². The number of nitrogens with one attached hydrogen (secondary N) is 3. The number of benzene rings is 1. The monoisotopic (exact) mass is 390 g/mol. The van der Waals surface area contributed by atoms with Crippen LogP contribution in [0.25, 0.3) is 0 Å². The lowest BCUT2D eigenvalue weighted by molar-refractivity contribution is -0.134. The van der Waals surface area contributed by atoms with Gasteiger partial charge in [0.25, 0.3) is 5.91 Å². The third kappa shape index (κ3) is 4.99. The fourth-order valence-electron chi connectivity index (χ4n) is 2.89. The highest BCUT2D eigenvalue weighted by molar-refractivity contribution is 6.09. The van der Waals surface area contributed by atoms with Crippen molar-refractivity contribution in [1.82, 2.24) is 20.9 Å². The van der Waals surface area contributed by atoms with Crippen LogP contribution in [0.15, 0.2) is 24.3 Å². The highest BCUT2D eigenvalue weighted by atomic mass is 16.5. The number of ether oxygens (including phenoxy) is 1. The summed E-state index contributed by atoms with van der Waals surface area (Å²) in [4.78, 5) is 49.6. The summed E-state index contributed by atoms with van der Waals surface area (Å²) in [7, 11) is 1.52. The number of methoxy groups -OCH3 is 1. The molecule has 1 saturated heterocycles. The summed E-state index contributed by atoms with van der Waals surface area (Å²) in [5.74, 6) is -0.460. The van der Waals surface area contributed by atoms with Crippen LogP contribution in [0.5, 0.6) is 5.75 Å². The molecule has 152 valence electrons. The molecule has 1 aromatic rings. The Hall–Kier alpha value is -3.10. The zero-order chi connectivity index (χ0) is 20.9. The van der Waals surface area contributed by atoms with E-state index in [0.717, 1.165) is 10.5 Å². The first-order chi connectivity index (χ1) is 13.2. The quantitative estimate of drug-likeness (QED) is 0.601. The minimum atomic E-state index is -1.22. The van der Waals surface area contributed by atoms with Gasteiger partial charge in [0.1, 0.15) is 17.8 Å². The van der Waals surface area contributed by atoms with E-state index in [-0.39, 0.29) is 12.3 Å². The Morgan fingerprint density at radius 1 is 1.25 bits per heavy atom. The van der Waals surface area contributed by atoms with Gasteiger partial charge < -0.3 is 15.4 Å². The van der Waals surface area contributed by atoms with Crippen molar-refractivity contribution in [2.24, 2.45) is 5.92 Å². The van der Waals surface area contributed by atoms with Crippen LogP contribution in [0.1, 0.15) is 26.3 Å². The SMILES string of the molecule is COc1ccccc1C[C@@]1(C)NC(=O)N(CC(=O)NC(=O)NCC(C)C)C1=O. The lowest BCUT2D eigenvalue weighted by Gasteiger charge is -2.22. The van der Waals surface area contributed by atoms with Crippen molar-refractivity contribution in [2.45, 2.75) is 32.7 Å². The minimum absolute atomic E-state index is 0.203. The molecule has 9 nitrogen and oxygen atoms in total. The number of imide groups is 2. The molecule has 1 atom stereocenters. The number of nitrogens with zero attached hydrogens (tertiary/aromatic N) is 1. The van der Waals surface area contributed by atoms with Gasteiger partial charge in [-0.15, -0.1) is 0 Å². The molecule has 0 aromatic heterocycles. The highest BCUT2D eigenvalue weighted by Crippen LogP contribution is 2.27. The maximum atomic E-state index is 12.8. The predicted octanol–water partition coefficient (Wildman–Crippen LogP) is 1.03. The molecule has 9 heteroatoms. The van der Waals surface area contributed by atoms with Gasteiger partial charge in [-0.2, -0.15) is 0 Å². The topological polar surface area (TPSA) is 117 Å². The summed E-state index contributed by atoms with van der Waals surface area (Å²) >= 11 is 0. The second-order valence-electron chi connectivity index (χ2n) is 7.29. The minimum Gasteiger partial charge on any atom is -0.496 e. The van der Waals surface area contributed by atoms with Crippen molar-refractivity contribution < 1.29 is 23.9 Å². The average Bonchev–Trinajstić information content (AvgIpc) is 2.83. The molecule has 0 unspecified atom stereocenters. The zero-order valence-electron chi connectivity index (χ0n) is 16.5. The molecule has 1 aromatic carbocycles. The molecule has 28 heavy (non-hydrogen) atoms. The van der Waals surface area contributed by atoms with E-state index >= 15 is 0 Å². The summed E-state index contributed by atoms with van der Waals surface area (Å²) in [6.45, 7) is 5.28. The number of urea groups is 2. The van der Waals surface area contributed by atoms with Crippen molar-refractivity contribution in [1.29, 1.82) is 0 Å². The fraction of sp³-hybridized carbons (Fsp3) is 0.474. The molecule has 0 aliphatic carbocycles. The Morgan fingerprint density at radius 3 is 2.57 bits per heavy atom. The van der Waals surface area contributed by atoms with Gasteiger partial charge in [-0.25, -0.2) is 9.59 Å². The molecule has 1 aliphatic heterocycles. The number of carbonyl (C=O) groups excluding carboxylic acids is 4. The molecular weight excluding hydrogens is 364 g/mol. The molecular formula is C19H26N4O5. The lowest BCUT2D eigenvalue weighted by Crippen LogP contribution is -2.48. The largest absolute Gasteiger partial charge is 0.496 e. The molecule has 1 heterocycles. The maximum Gasteiger partial charge on any atom is 0.325 e. The number of hydrogen-bond acceptors (Lipinski definition) is 5. The summed E-state index contributed by atoms with van der Waals surface area (Å²) in [6, 6.07) is 5.84. The van der Waals surface area contributed by atoms with E-state index in [9.17, 15) is 19.2 Å². The van der Waals surface area contributed by atoms with Crippen LogP contribution >= 0.6 is 0 Å². The maximum absolute atomic E-state index is 12.8. The van der Waals surface area contributed by atoms with Crippen LogP contribution in [-0.2, 0) is 16.0 Å². The number of carbonyl (C=O) groups is 4. The Balaban J connectivity index is 2.02. The number of para-hydroxylation sites is 1. The number of rotatable bonds is 7. The number of amides is 6. The Morgan fingerprint density at radius 2 is 1.93 bits per heavy atom. The predicted molar refractivity (Wildman–Crippen MR) is 102 cm³/mol. The van der Waals surface area contributed by atoms with Crippen molar-refractivity contribution in [3.8, 4) is 5.75 Å². The van der Waals surface area contributed by atoms with Crippen LogP contribution in [0, 0.1) is 5.92 Å². The second kappa shape index (κ2) is 8.73. The van der Waals surface area contributed by atoms with Crippen LogP contribution in [-0.4, -0.2) is 54.5 Å². The van der Waals surface area contributed by atoms with Gasteiger partial charge in [0.15, 0.2) is 0 Å². The Kier molecular flexibility index (Phi) is 6.61. The van der Waals surface area contributed by atoms with Crippen molar-refractivity contribution in [3.05, 3.63) is 29.8 Å². The first-order valence-electron chi connectivity index (χ1n) is 9.00.